The lowest BCUT2D eigenvalue weighted by atomic mass is 10.2. The Morgan fingerprint density at radius 1 is 1.21 bits per heavy atom. The number of anilines is 1. The molecule has 0 fully saturated rings. The summed E-state index contributed by atoms with van der Waals surface area (Å²) in [6.45, 7) is 5.77. The fourth-order valence-electron chi connectivity index (χ4n) is 2.91. The normalized spacial score (nSPS) is 15.1. The van der Waals surface area contributed by atoms with Crippen LogP contribution in [0.25, 0.3) is 0 Å². The van der Waals surface area contributed by atoms with Gasteiger partial charge in [-0.05, 0) is 44.0 Å². The van der Waals surface area contributed by atoms with Gasteiger partial charge in [-0.15, -0.1) is 0 Å². The fraction of sp³-hybridized carbons (Fsp3) is 0.353. The topological polar surface area (TPSA) is 71.4 Å². The van der Waals surface area contributed by atoms with Gasteiger partial charge in [0, 0.05) is 31.5 Å². The molecule has 24 heavy (non-hydrogen) atoms. The molecule has 1 amide bonds. The summed E-state index contributed by atoms with van der Waals surface area (Å²) in [6, 6.07) is 8.63. The highest BCUT2D eigenvalue weighted by molar-refractivity contribution is 7.92. The summed E-state index contributed by atoms with van der Waals surface area (Å²) in [7, 11) is -3.73. The minimum absolute atomic E-state index is 0.116. The summed E-state index contributed by atoms with van der Waals surface area (Å²) in [6.07, 6.45) is 2.36. The molecule has 2 aromatic rings. The van der Waals surface area contributed by atoms with Crippen LogP contribution in [0.5, 0.6) is 0 Å². The molecular formula is C17H21N3O3S. The lowest BCUT2D eigenvalue weighted by molar-refractivity contribution is 0.0766. The highest BCUT2D eigenvalue weighted by atomic mass is 32.2. The molecule has 0 atom stereocenters. The minimum atomic E-state index is -3.73. The van der Waals surface area contributed by atoms with Crippen molar-refractivity contribution >= 4 is 21.6 Å². The van der Waals surface area contributed by atoms with E-state index in [1.165, 1.54) is 6.07 Å². The Morgan fingerprint density at radius 3 is 2.71 bits per heavy atom. The third-order valence-corrected chi connectivity index (χ3v) is 5.52. The first-order valence-electron chi connectivity index (χ1n) is 7.99. The number of hydrogen-bond donors (Lipinski definition) is 1. The Bertz CT molecular complexity index is 871. The van der Waals surface area contributed by atoms with E-state index in [-0.39, 0.29) is 10.8 Å². The predicted octanol–water partition coefficient (Wildman–Crippen LogP) is 2.46. The van der Waals surface area contributed by atoms with E-state index in [4.69, 9.17) is 0 Å². The quantitative estimate of drug-likeness (QED) is 0.923. The molecule has 0 spiro atoms. The third-order valence-electron chi connectivity index (χ3n) is 4.17. The van der Waals surface area contributed by atoms with Crippen LogP contribution in [0.3, 0.4) is 0 Å². The van der Waals surface area contributed by atoms with Gasteiger partial charge in [-0.1, -0.05) is 12.1 Å². The Morgan fingerprint density at radius 2 is 2.00 bits per heavy atom. The van der Waals surface area contributed by atoms with Gasteiger partial charge >= 0.3 is 0 Å². The standard InChI is InChI=1S/C17H21N3O3S/c1-3-19-8-5-9-20-12-15(11-16(20)17(19)21)24(22,23)18-14-7-4-6-13(2)10-14/h4,6-7,10-12,18H,3,5,8-9H2,1-2H3. The number of aryl methyl sites for hydroxylation is 2. The van der Waals surface area contributed by atoms with E-state index in [9.17, 15) is 13.2 Å². The summed E-state index contributed by atoms with van der Waals surface area (Å²) in [5, 5.41) is 0. The zero-order chi connectivity index (χ0) is 17.3. The first-order valence-corrected chi connectivity index (χ1v) is 9.48. The van der Waals surface area contributed by atoms with Gasteiger partial charge in [0.15, 0.2) is 0 Å². The molecular weight excluding hydrogens is 326 g/mol. The highest BCUT2D eigenvalue weighted by Gasteiger charge is 2.26. The number of carbonyl (C=O) groups is 1. The molecule has 1 aromatic heterocycles. The minimum Gasteiger partial charge on any atom is -0.342 e. The maximum absolute atomic E-state index is 12.6. The van der Waals surface area contributed by atoms with Gasteiger partial charge in [-0.3, -0.25) is 9.52 Å². The van der Waals surface area contributed by atoms with Gasteiger partial charge in [-0.25, -0.2) is 8.42 Å². The van der Waals surface area contributed by atoms with Gasteiger partial charge in [0.1, 0.15) is 10.6 Å². The summed E-state index contributed by atoms with van der Waals surface area (Å²) in [5.74, 6) is -0.119. The number of benzene rings is 1. The molecule has 0 saturated carbocycles. The van der Waals surface area contributed by atoms with E-state index in [2.05, 4.69) is 4.72 Å². The Balaban J connectivity index is 1.93. The average molecular weight is 347 g/mol. The van der Waals surface area contributed by atoms with E-state index in [0.717, 1.165) is 12.0 Å². The highest BCUT2D eigenvalue weighted by Crippen LogP contribution is 2.22. The van der Waals surface area contributed by atoms with E-state index >= 15 is 0 Å². The Labute approximate surface area is 142 Å². The largest absolute Gasteiger partial charge is 0.342 e. The maximum Gasteiger partial charge on any atom is 0.270 e. The Hall–Kier alpha value is -2.28. The van der Waals surface area contributed by atoms with E-state index < -0.39 is 10.0 Å². The van der Waals surface area contributed by atoms with Crippen molar-refractivity contribution in [2.75, 3.05) is 17.8 Å². The van der Waals surface area contributed by atoms with E-state index in [0.29, 0.717) is 31.0 Å². The van der Waals surface area contributed by atoms with Crippen molar-refractivity contribution in [1.82, 2.24) is 9.47 Å². The van der Waals surface area contributed by atoms with Crippen molar-refractivity contribution in [3.63, 3.8) is 0 Å². The van der Waals surface area contributed by atoms with Crippen LogP contribution in [0.4, 0.5) is 5.69 Å². The lowest BCUT2D eigenvalue weighted by Crippen LogP contribution is -2.30. The number of sulfonamides is 1. The molecule has 1 aliphatic rings. The molecule has 0 bridgehead atoms. The molecule has 0 aliphatic carbocycles. The molecule has 0 saturated heterocycles. The van der Waals surface area contributed by atoms with E-state index in [1.807, 2.05) is 19.9 Å². The van der Waals surface area contributed by atoms with Gasteiger partial charge in [-0.2, -0.15) is 0 Å². The number of nitrogens with one attached hydrogen (secondary N) is 1. The monoisotopic (exact) mass is 347 g/mol. The average Bonchev–Trinajstić information content (AvgIpc) is 2.90. The second-order valence-electron chi connectivity index (χ2n) is 5.97. The molecule has 3 rings (SSSR count). The molecule has 6 nitrogen and oxygen atoms in total. The zero-order valence-corrected chi connectivity index (χ0v) is 14.6. The van der Waals surface area contributed by atoms with Crippen LogP contribution < -0.4 is 4.72 Å². The van der Waals surface area contributed by atoms with Crippen molar-refractivity contribution < 1.29 is 13.2 Å². The maximum atomic E-state index is 12.6. The molecule has 128 valence electrons. The summed E-state index contributed by atoms with van der Waals surface area (Å²) in [5.41, 5.74) is 1.91. The van der Waals surface area contributed by atoms with Crippen LogP contribution in [0.2, 0.25) is 0 Å². The number of amides is 1. The van der Waals surface area contributed by atoms with Crippen molar-refractivity contribution in [3.8, 4) is 0 Å². The zero-order valence-electron chi connectivity index (χ0n) is 13.8. The summed E-state index contributed by atoms with van der Waals surface area (Å²) in [4.78, 5) is 14.4. The van der Waals surface area contributed by atoms with E-state index in [1.54, 1.807) is 33.9 Å². The Kier molecular flexibility index (Phi) is 4.36. The second-order valence-corrected chi connectivity index (χ2v) is 7.65. The first-order chi connectivity index (χ1) is 11.4. The van der Waals surface area contributed by atoms with Crippen LogP contribution >= 0.6 is 0 Å². The van der Waals surface area contributed by atoms with Gasteiger partial charge in [0.05, 0.1) is 0 Å². The van der Waals surface area contributed by atoms with Gasteiger partial charge < -0.3 is 9.47 Å². The predicted molar refractivity (Wildman–Crippen MR) is 92.6 cm³/mol. The van der Waals surface area contributed by atoms with Crippen LogP contribution in [0.1, 0.15) is 29.4 Å². The number of aromatic nitrogens is 1. The molecule has 1 aliphatic heterocycles. The summed E-state index contributed by atoms with van der Waals surface area (Å²) < 4.78 is 29.6. The lowest BCUT2D eigenvalue weighted by Gasteiger charge is -2.17. The second kappa shape index (κ2) is 6.32. The fourth-order valence-corrected chi connectivity index (χ4v) is 4.00. The van der Waals surface area contributed by atoms with Crippen molar-refractivity contribution in [1.29, 1.82) is 0 Å². The van der Waals surface area contributed by atoms with Crippen LogP contribution in [-0.4, -0.2) is 36.9 Å². The molecule has 0 unspecified atom stereocenters. The van der Waals surface area contributed by atoms with Crippen molar-refractivity contribution in [2.24, 2.45) is 0 Å². The molecule has 2 heterocycles. The SMILES string of the molecule is CCN1CCCn2cc(S(=O)(=O)Nc3cccc(C)c3)cc2C1=O. The number of nitrogens with zero attached hydrogens (tertiary/aromatic N) is 2. The van der Waals surface area contributed by atoms with Gasteiger partial charge in [0.25, 0.3) is 15.9 Å². The van der Waals surface area contributed by atoms with Crippen molar-refractivity contribution in [3.05, 3.63) is 47.8 Å². The molecule has 0 radical (unpaired) electrons. The smallest absolute Gasteiger partial charge is 0.270 e. The molecule has 1 aromatic carbocycles. The third kappa shape index (κ3) is 3.17. The number of fused-ring (bicyclic) bond motifs is 1. The number of hydrogen-bond acceptors (Lipinski definition) is 3. The van der Waals surface area contributed by atoms with Crippen molar-refractivity contribution in [2.45, 2.75) is 31.7 Å². The van der Waals surface area contributed by atoms with Crippen LogP contribution in [0, 0.1) is 6.92 Å². The number of carbonyl (C=O) groups excluding carboxylic acids is 1. The molecule has 1 N–H and O–H groups in total. The van der Waals surface area contributed by atoms with Crippen LogP contribution in [0.15, 0.2) is 41.4 Å². The molecule has 7 heteroatoms. The number of rotatable bonds is 4. The first kappa shape index (κ1) is 16.6. The van der Waals surface area contributed by atoms with Gasteiger partial charge in [0.2, 0.25) is 0 Å². The summed E-state index contributed by atoms with van der Waals surface area (Å²) >= 11 is 0. The van der Waals surface area contributed by atoms with Crippen LogP contribution in [-0.2, 0) is 16.6 Å².